The van der Waals surface area contributed by atoms with Crippen LogP contribution in [0, 0.1) is 5.41 Å². The second kappa shape index (κ2) is 8.08. The topological polar surface area (TPSA) is 52.2 Å². The molecule has 1 aromatic carbocycles. The van der Waals surface area contributed by atoms with Gasteiger partial charge in [-0.05, 0) is 54.8 Å². The fraction of sp³-hybridized carbons (Fsp3) is 0.565. The first-order valence-electron chi connectivity index (χ1n) is 10.6. The minimum atomic E-state index is -0.160. The summed E-state index contributed by atoms with van der Waals surface area (Å²) < 4.78 is 0. The number of aromatic amines is 1. The van der Waals surface area contributed by atoms with Crippen LogP contribution in [-0.2, 0) is 17.8 Å². The van der Waals surface area contributed by atoms with E-state index >= 15 is 0 Å². The lowest BCUT2D eigenvalue weighted by Gasteiger charge is -2.39. The van der Waals surface area contributed by atoms with Gasteiger partial charge in [0.05, 0.1) is 11.6 Å². The van der Waals surface area contributed by atoms with E-state index in [1.807, 2.05) is 12.4 Å². The van der Waals surface area contributed by atoms with Gasteiger partial charge in [-0.1, -0.05) is 38.1 Å². The van der Waals surface area contributed by atoms with E-state index in [-0.39, 0.29) is 5.41 Å². The van der Waals surface area contributed by atoms with Crippen molar-refractivity contribution in [2.24, 2.45) is 5.41 Å². The van der Waals surface area contributed by atoms with E-state index in [0.29, 0.717) is 11.8 Å². The number of nitrogens with zero attached hydrogens (tertiary/aromatic N) is 3. The standard InChI is InChI=1S/C23H32N4O/c1-18(2)21-6-4-19(5-7-21)16-27-11-3-9-23(22(27)28)10-13-26(17-23)12-8-20-14-24-25-15-20/h4-7,14-15,18H,3,8-13,16-17H2,1-2H3,(H,24,25)/t23-/m0/s1. The van der Waals surface area contributed by atoms with Crippen molar-refractivity contribution < 1.29 is 4.79 Å². The predicted molar refractivity (Wildman–Crippen MR) is 111 cm³/mol. The summed E-state index contributed by atoms with van der Waals surface area (Å²) >= 11 is 0. The number of hydrogen-bond acceptors (Lipinski definition) is 3. The molecule has 2 aliphatic rings. The molecule has 0 radical (unpaired) electrons. The van der Waals surface area contributed by atoms with E-state index in [0.717, 1.165) is 58.4 Å². The first kappa shape index (κ1) is 19.2. The molecule has 1 atom stereocenters. The molecule has 1 aromatic heterocycles. The summed E-state index contributed by atoms with van der Waals surface area (Å²) in [4.78, 5) is 18.0. The highest BCUT2D eigenvalue weighted by Gasteiger charge is 2.47. The van der Waals surface area contributed by atoms with Gasteiger partial charge in [0.2, 0.25) is 5.91 Å². The Balaban J connectivity index is 1.37. The van der Waals surface area contributed by atoms with E-state index in [4.69, 9.17) is 0 Å². The fourth-order valence-electron chi connectivity index (χ4n) is 4.76. The lowest BCUT2D eigenvalue weighted by molar-refractivity contribution is -0.146. The third-order valence-corrected chi connectivity index (χ3v) is 6.55. The fourth-order valence-corrected chi connectivity index (χ4v) is 4.76. The van der Waals surface area contributed by atoms with Gasteiger partial charge in [-0.25, -0.2) is 0 Å². The van der Waals surface area contributed by atoms with Crippen LogP contribution in [0.25, 0.3) is 0 Å². The van der Waals surface area contributed by atoms with E-state index in [1.54, 1.807) is 0 Å². The highest BCUT2D eigenvalue weighted by Crippen LogP contribution is 2.40. The average Bonchev–Trinajstić information content (AvgIpc) is 3.35. The van der Waals surface area contributed by atoms with Crippen LogP contribution in [0.5, 0.6) is 0 Å². The number of hydrogen-bond donors (Lipinski definition) is 1. The molecule has 2 aromatic rings. The van der Waals surface area contributed by atoms with Crippen LogP contribution in [0.4, 0.5) is 0 Å². The van der Waals surface area contributed by atoms with Crippen molar-refractivity contribution in [3.05, 3.63) is 53.3 Å². The molecular weight excluding hydrogens is 348 g/mol. The van der Waals surface area contributed by atoms with Crippen molar-refractivity contribution in [1.29, 1.82) is 0 Å². The quantitative estimate of drug-likeness (QED) is 0.833. The first-order valence-corrected chi connectivity index (χ1v) is 10.6. The van der Waals surface area contributed by atoms with Crippen molar-refractivity contribution in [3.8, 4) is 0 Å². The predicted octanol–water partition coefficient (Wildman–Crippen LogP) is 3.59. The molecule has 0 unspecified atom stereocenters. The number of H-pyrrole nitrogens is 1. The summed E-state index contributed by atoms with van der Waals surface area (Å²) in [6.07, 6.45) is 8.00. The summed E-state index contributed by atoms with van der Waals surface area (Å²) in [5.74, 6) is 0.915. The Bertz CT molecular complexity index is 783. The van der Waals surface area contributed by atoms with Crippen LogP contribution in [0.1, 0.15) is 55.7 Å². The molecule has 5 heteroatoms. The number of nitrogens with one attached hydrogen (secondary N) is 1. The van der Waals surface area contributed by atoms with Gasteiger partial charge in [0.15, 0.2) is 0 Å². The Morgan fingerprint density at radius 2 is 1.96 bits per heavy atom. The molecule has 3 heterocycles. The lowest BCUT2D eigenvalue weighted by atomic mass is 9.78. The molecule has 4 rings (SSSR count). The number of amides is 1. The molecule has 150 valence electrons. The molecule has 0 saturated carbocycles. The number of carbonyl (C=O) groups is 1. The third kappa shape index (κ3) is 4.00. The third-order valence-electron chi connectivity index (χ3n) is 6.55. The van der Waals surface area contributed by atoms with Crippen molar-refractivity contribution in [1.82, 2.24) is 20.0 Å². The van der Waals surface area contributed by atoms with Crippen LogP contribution in [0.3, 0.4) is 0 Å². The summed E-state index contributed by atoms with van der Waals surface area (Å²) in [7, 11) is 0. The van der Waals surface area contributed by atoms with Gasteiger partial charge in [-0.2, -0.15) is 5.10 Å². The molecule has 0 bridgehead atoms. The van der Waals surface area contributed by atoms with Crippen LogP contribution >= 0.6 is 0 Å². The Hall–Kier alpha value is -2.14. The van der Waals surface area contributed by atoms with E-state index in [1.165, 1.54) is 16.7 Å². The maximum Gasteiger partial charge on any atom is 0.230 e. The normalized spacial score (nSPS) is 23.2. The highest BCUT2D eigenvalue weighted by atomic mass is 16.2. The number of carbonyl (C=O) groups excluding carboxylic acids is 1. The number of benzene rings is 1. The Morgan fingerprint density at radius 1 is 1.14 bits per heavy atom. The Labute approximate surface area is 168 Å². The van der Waals surface area contributed by atoms with Gasteiger partial charge in [0, 0.05) is 32.4 Å². The van der Waals surface area contributed by atoms with Crippen LogP contribution in [-0.4, -0.2) is 52.1 Å². The van der Waals surface area contributed by atoms with Crippen molar-refractivity contribution in [2.75, 3.05) is 26.2 Å². The second-order valence-electron chi connectivity index (χ2n) is 8.89. The number of piperidine rings is 1. The zero-order chi connectivity index (χ0) is 19.6. The first-order chi connectivity index (χ1) is 13.6. The zero-order valence-corrected chi connectivity index (χ0v) is 17.2. The van der Waals surface area contributed by atoms with Crippen molar-refractivity contribution in [2.45, 2.75) is 52.0 Å². The Kier molecular flexibility index (Phi) is 5.54. The SMILES string of the molecule is CC(C)c1ccc(CN2CCC[C@@]3(CCN(CCc4cn[nH]c4)C3)C2=O)cc1. The Morgan fingerprint density at radius 3 is 2.68 bits per heavy atom. The summed E-state index contributed by atoms with van der Waals surface area (Å²) in [6.45, 7) is 9.00. The molecular formula is C23H32N4O. The van der Waals surface area contributed by atoms with Gasteiger partial charge < -0.3 is 9.80 Å². The average molecular weight is 381 g/mol. The number of aromatic nitrogens is 2. The van der Waals surface area contributed by atoms with Gasteiger partial charge in [-0.15, -0.1) is 0 Å². The number of rotatable bonds is 6. The molecule has 5 nitrogen and oxygen atoms in total. The van der Waals surface area contributed by atoms with Crippen molar-refractivity contribution >= 4 is 5.91 Å². The highest BCUT2D eigenvalue weighted by molar-refractivity contribution is 5.84. The molecule has 1 spiro atoms. The van der Waals surface area contributed by atoms with E-state index in [2.05, 4.69) is 58.1 Å². The zero-order valence-electron chi connectivity index (χ0n) is 17.2. The van der Waals surface area contributed by atoms with E-state index < -0.39 is 0 Å². The van der Waals surface area contributed by atoms with Gasteiger partial charge >= 0.3 is 0 Å². The van der Waals surface area contributed by atoms with Gasteiger partial charge in [0.25, 0.3) is 0 Å². The molecule has 1 amide bonds. The maximum atomic E-state index is 13.4. The molecule has 2 saturated heterocycles. The lowest BCUT2D eigenvalue weighted by Crippen LogP contribution is -2.49. The minimum Gasteiger partial charge on any atom is -0.338 e. The molecule has 0 aliphatic carbocycles. The van der Waals surface area contributed by atoms with Gasteiger partial charge in [0.1, 0.15) is 0 Å². The molecule has 2 fully saturated rings. The molecule has 2 aliphatic heterocycles. The van der Waals surface area contributed by atoms with E-state index in [9.17, 15) is 4.79 Å². The largest absolute Gasteiger partial charge is 0.338 e. The van der Waals surface area contributed by atoms with Gasteiger partial charge in [-0.3, -0.25) is 9.89 Å². The maximum absolute atomic E-state index is 13.4. The summed E-state index contributed by atoms with van der Waals surface area (Å²) in [5.41, 5.74) is 3.67. The van der Waals surface area contributed by atoms with Crippen LogP contribution in [0.15, 0.2) is 36.7 Å². The molecule has 28 heavy (non-hydrogen) atoms. The number of likely N-dealkylation sites (tertiary alicyclic amines) is 2. The summed E-state index contributed by atoms with van der Waals surface area (Å²) in [6, 6.07) is 8.79. The summed E-state index contributed by atoms with van der Waals surface area (Å²) in [5, 5.41) is 6.90. The van der Waals surface area contributed by atoms with Crippen molar-refractivity contribution in [3.63, 3.8) is 0 Å². The second-order valence-corrected chi connectivity index (χ2v) is 8.89. The van der Waals surface area contributed by atoms with Crippen LogP contribution in [0.2, 0.25) is 0 Å². The minimum absolute atomic E-state index is 0.160. The molecule has 1 N–H and O–H groups in total. The van der Waals surface area contributed by atoms with Crippen LogP contribution < -0.4 is 0 Å². The monoisotopic (exact) mass is 380 g/mol. The smallest absolute Gasteiger partial charge is 0.230 e.